The minimum absolute atomic E-state index is 0.0341. The van der Waals surface area contributed by atoms with Crippen LogP contribution in [0.4, 0.5) is 5.69 Å². The normalized spacial score (nSPS) is 11.9. The Labute approximate surface area is 235 Å². The maximum absolute atomic E-state index is 14.0. The van der Waals surface area contributed by atoms with Crippen LogP contribution >= 0.6 is 11.6 Å². The fourth-order valence-corrected chi connectivity index (χ4v) is 5.74. The largest absolute Gasteiger partial charge is 0.495 e. The predicted octanol–water partition coefficient (Wildman–Crippen LogP) is 4.80. The van der Waals surface area contributed by atoms with Crippen LogP contribution in [0.25, 0.3) is 0 Å². The average Bonchev–Trinajstić information content (AvgIpc) is 2.93. The number of nitrogens with one attached hydrogen (secondary N) is 1. The number of benzene rings is 3. The van der Waals surface area contributed by atoms with E-state index in [0.29, 0.717) is 23.7 Å². The summed E-state index contributed by atoms with van der Waals surface area (Å²) in [4.78, 5) is 28.5. The number of carbonyl (C=O) groups is 2. The van der Waals surface area contributed by atoms with Gasteiger partial charge in [0, 0.05) is 18.1 Å². The van der Waals surface area contributed by atoms with E-state index in [1.165, 1.54) is 24.1 Å². The third-order valence-electron chi connectivity index (χ3n) is 6.24. The van der Waals surface area contributed by atoms with Crippen molar-refractivity contribution in [2.24, 2.45) is 0 Å². The highest BCUT2D eigenvalue weighted by atomic mass is 35.5. The summed E-state index contributed by atoms with van der Waals surface area (Å²) in [5.41, 5.74) is 1.86. The Morgan fingerprint density at radius 2 is 1.62 bits per heavy atom. The quantitative estimate of drug-likeness (QED) is 0.337. The minimum Gasteiger partial charge on any atom is -0.495 e. The number of likely N-dealkylation sites (N-methyl/N-ethyl adjacent to an activating group) is 1. The molecule has 0 radical (unpaired) electrons. The molecule has 3 rings (SSSR count). The Balaban J connectivity index is 2.09. The van der Waals surface area contributed by atoms with Crippen LogP contribution in [0.1, 0.15) is 31.4 Å². The zero-order valence-corrected chi connectivity index (χ0v) is 24.1. The second-order valence-corrected chi connectivity index (χ2v) is 11.3. The summed E-state index contributed by atoms with van der Waals surface area (Å²) in [6.07, 6.45) is 0.338. The number of nitrogens with zero attached hydrogens (tertiary/aromatic N) is 2. The van der Waals surface area contributed by atoms with Gasteiger partial charge < -0.3 is 15.0 Å². The molecule has 8 nitrogen and oxygen atoms in total. The molecule has 3 aromatic rings. The van der Waals surface area contributed by atoms with Gasteiger partial charge in [0.1, 0.15) is 18.3 Å². The second kappa shape index (κ2) is 13.5. The lowest BCUT2D eigenvalue weighted by Gasteiger charge is -2.33. The standard InChI is InChI=1S/C29H34ClN3O5S/c1-5-25(29(35)31-6-2)32(19-22-13-15-23(30)16-14-22)28(34)20-33(26-9-7-8-10-27(26)38-4)39(36,37)24-17-11-21(3)12-18-24/h7-18,25H,5-6,19-20H2,1-4H3,(H,31,35). The smallest absolute Gasteiger partial charge is 0.264 e. The van der Waals surface area contributed by atoms with Gasteiger partial charge in [-0.1, -0.05) is 60.5 Å². The fraction of sp³-hybridized carbons (Fsp3) is 0.310. The molecule has 0 heterocycles. The van der Waals surface area contributed by atoms with Crippen LogP contribution in [0.5, 0.6) is 5.75 Å². The summed E-state index contributed by atoms with van der Waals surface area (Å²) >= 11 is 6.05. The van der Waals surface area contributed by atoms with Gasteiger partial charge in [-0.3, -0.25) is 13.9 Å². The van der Waals surface area contributed by atoms with E-state index in [1.54, 1.807) is 67.6 Å². The number of hydrogen-bond donors (Lipinski definition) is 1. The Bertz CT molecular complexity index is 1380. The number of hydrogen-bond acceptors (Lipinski definition) is 5. The van der Waals surface area contributed by atoms with Gasteiger partial charge in [-0.05, 0) is 62.2 Å². The predicted molar refractivity (Wildman–Crippen MR) is 153 cm³/mol. The first-order valence-corrected chi connectivity index (χ1v) is 14.5. The van der Waals surface area contributed by atoms with Gasteiger partial charge in [0.2, 0.25) is 11.8 Å². The molecule has 0 saturated heterocycles. The van der Waals surface area contributed by atoms with Gasteiger partial charge in [-0.2, -0.15) is 0 Å². The monoisotopic (exact) mass is 571 g/mol. The molecule has 1 unspecified atom stereocenters. The van der Waals surface area contributed by atoms with Crippen molar-refractivity contribution in [2.75, 3.05) is 24.5 Å². The van der Waals surface area contributed by atoms with Gasteiger partial charge in [0.15, 0.2) is 0 Å². The first-order valence-electron chi connectivity index (χ1n) is 12.7. The van der Waals surface area contributed by atoms with Crippen LogP contribution in [-0.2, 0) is 26.2 Å². The molecule has 3 aromatic carbocycles. The number of amides is 2. The number of carbonyl (C=O) groups excluding carboxylic acids is 2. The van der Waals surface area contributed by atoms with E-state index < -0.39 is 28.5 Å². The lowest BCUT2D eigenvalue weighted by Crippen LogP contribution is -2.52. The summed E-state index contributed by atoms with van der Waals surface area (Å²) in [5.74, 6) is -0.557. The molecular formula is C29H34ClN3O5S. The number of ether oxygens (including phenoxy) is 1. The molecule has 0 aliphatic heterocycles. The van der Waals surface area contributed by atoms with E-state index in [-0.39, 0.29) is 23.0 Å². The molecule has 0 aliphatic rings. The van der Waals surface area contributed by atoms with Crippen molar-refractivity contribution in [3.8, 4) is 5.75 Å². The van der Waals surface area contributed by atoms with E-state index in [0.717, 1.165) is 15.4 Å². The van der Waals surface area contributed by atoms with E-state index in [2.05, 4.69) is 5.32 Å². The van der Waals surface area contributed by atoms with E-state index in [1.807, 2.05) is 13.8 Å². The number of methoxy groups -OCH3 is 1. The van der Waals surface area contributed by atoms with Crippen LogP contribution in [0.3, 0.4) is 0 Å². The van der Waals surface area contributed by atoms with Crippen molar-refractivity contribution < 1.29 is 22.7 Å². The molecule has 10 heteroatoms. The molecule has 0 saturated carbocycles. The van der Waals surface area contributed by atoms with E-state index >= 15 is 0 Å². The molecule has 0 bridgehead atoms. The highest BCUT2D eigenvalue weighted by molar-refractivity contribution is 7.92. The van der Waals surface area contributed by atoms with Crippen molar-refractivity contribution in [3.05, 3.63) is 88.9 Å². The maximum Gasteiger partial charge on any atom is 0.264 e. The highest BCUT2D eigenvalue weighted by Gasteiger charge is 2.34. The maximum atomic E-state index is 14.0. The van der Waals surface area contributed by atoms with E-state index in [4.69, 9.17) is 16.3 Å². The molecule has 0 aliphatic carbocycles. The van der Waals surface area contributed by atoms with Crippen LogP contribution in [0.2, 0.25) is 5.02 Å². The third-order valence-corrected chi connectivity index (χ3v) is 8.27. The van der Waals surface area contributed by atoms with Crippen molar-refractivity contribution in [1.82, 2.24) is 10.2 Å². The molecule has 39 heavy (non-hydrogen) atoms. The average molecular weight is 572 g/mol. The van der Waals surface area contributed by atoms with Gasteiger partial charge in [0.05, 0.1) is 17.7 Å². The molecule has 0 aromatic heterocycles. The number of para-hydroxylation sites is 2. The molecule has 0 fully saturated rings. The number of sulfonamides is 1. The topological polar surface area (TPSA) is 96.0 Å². The zero-order valence-electron chi connectivity index (χ0n) is 22.6. The van der Waals surface area contributed by atoms with Crippen molar-refractivity contribution >= 4 is 39.1 Å². The zero-order chi connectivity index (χ0) is 28.6. The van der Waals surface area contributed by atoms with Gasteiger partial charge in [0.25, 0.3) is 10.0 Å². The Morgan fingerprint density at radius 3 is 2.21 bits per heavy atom. The summed E-state index contributed by atoms with van der Waals surface area (Å²) in [7, 11) is -2.75. The van der Waals surface area contributed by atoms with Crippen molar-refractivity contribution in [1.29, 1.82) is 0 Å². The molecule has 1 atom stereocenters. The molecule has 1 N–H and O–H groups in total. The Kier molecular flexibility index (Phi) is 10.4. The summed E-state index contributed by atoms with van der Waals surface area (Å²) in [6.45, 7) is 5.42. The van der Waals surface area contributed by atoms with Crippen molar-refractivity contribution in [2.45, 2.75) is 44.7 Å². The molecule has 2 amide bonds. The Morgan fingerprint density at radius 1 is 0.974 bits per heavy atom. The summed E-state index contributed by atoms with van der Waals surface area (Å²) < 4.78 is 34.4. The molecule has 0 spiro atoms. The van der Waals surface area contributed by atoms with Crippen LogP contribution in [0.15, 0.2) is 77.7 Å². The van der Waals surface area contributed by atoms with Gasteiger partial charge in [-0.15, -0.1) is 0 Å². The molecular weight excluding hydrogens is 538 g/mol. The number of rotatable bonds is 12. The summed E-state index contributed by atoms with van der Waals surface area (Å²) in [5, 5.41) is 3.33. The van der Waals surface area contributed by atoms with Crippen LogP contribution in [0, 0.1) is 6.92 Å². The van der Waals surface area contributed by atoms with Crippen LogP contribution in [-0.4, -0.2) is 51.4 Å². The van der Waals surface area contributed by atoms with Crippen LogP contribution < -0.4 is 14.4 Å². The van der Waals surface area contributed by atoms with E-state index in [9.17, 15) is 18.0 Å². The lowest BCUT2D eigenvalue weighted by atomic mass is 10.1. The Hall–Kier alpha value is -3.56. The SMILES string of the molecule is CCNC(=O)C(CC)N(Cc1ccc(Cl)cc1)C(=O)CN(c1ccccc1OC)S(=O)(=O)c1ccc(C)cc1. The van der Waals surface area contributed by atoms with Gasteiger partial charge in [-0.25, -0.2) is 8.42 Å². The number of anilines is 1. The van der Waals surface area contributed by atoms with Crippen molar-refractivity contribution in [3.63, 3.8) is 0 Å². The lowest BCUT2D eigenvalue weighted by molar-refractivity contribution is -0.140. The number of aryl methyl sites for hydroxylation is 1. The first-order chi connectivity index (χ1) is 18.6. The first kappa shape index (κ1) is 30.0. The third kappa shape index (κ3) is 7.30. The molecule has 208 valence electrons. The second-order valence-electron chi connectivity index (χ2n) is 8.96. The minimum atomic E-state index is -4.19. The number of halogens is 1. The van der Waals surface area contributed by atoms with Gasteiger partial charge >= 0.3 is 0 Å². The summed E-state index contributed by atoms with van der Waals surface area (Å²) in [6, 6.07) is 19.2. The highest BCUT2D eigenvalue weighted by Crippen LogP contribution is 2.32. The fourth-order valence-electron chi connectivity index (χ4n) is 4.18.